The quantitative estimate of drug-likeness (QED) is 0.708. The zero-order valence-electron chi connectivity index (χ0n) is 19.4. The molecular formula is C26H35NO4. The third-order valence-corrected chi connectivity index (χ3v) is 10.5. The standard InChI is InChI=1S/C26H35NO4/c1-14(2)10-22(3,28)17-12-23-8-9-26(17,30-5)21-25(23)13-24(20(23)27-24)11-15-6-7-16(29-4)19(31-21)18(15)25/h6-7,14,17,20-21,27-28H,8-13H2,1-5H3/t17?,20?,21?,22?,23?,24-,25+,26?/m1/s1. The van der Waals surface area contributed by atoms with Crippen molar-refractivity contribution in [2.75, 3.05) is 14.2 Å². The van der Waals surface area contributed by atoms with Crippen molar-refractivity contribution < 1.29 is 19.3 Å². The molecule has 6 unspecified atom stereocenters. The lowest BCUT2D eigenvalue weighted by molar-refractivity contribution is -0.276. The molecule has 2 aliphatic heterocycles. The van der Waals surface area contributed by atoms with E-state index in [1.807, 2.05) is 14.0 Å². The molecule has 4 bridgehead atoms. The van der Waals surface area contributed by atoms with Gasteiger partial charge in [0, 0.05) is 41.0 Å². The third kappa shape index (κ3) is 1.80. The van der Waals surface area contributed by atoms with Gasteiger partial charge >= 0.3 is 0 Å². The van der Waals surface area contributed by atoms with Crippen molar-refractivity contribution in [3.63, 3.8) is 0 Å². The largest absolute Gasteiger partial charge is 0.493 e. The van der Waals surface area contributed by atoms with Gasteiger partial charge in [-0.05, 0) is 63.0 Å². The first-order chi connectivity index (χ1) is 14.7. The molecule has 7 aliphatic rings. The lowest BCUT2D eigenvalue weighted by atomic mass is 9.39. The number of fused-ring (bicyclic) bond motifs is 2. The first-order valence-electron chi connectivity index (χ1n) is 12.1. The zero-order chi connectivity index (χ0) is 21.6. The Morgan fingerprint density at radius 1 is 1.29 bits per heavy atom. The van der Waals surface area contributed by atoms with Gasteiger partial charge in [-0.2, -0.15) is 0 Å². The summed E-state index contributed by atoms with van der Waals surface area (Å²) in [6.07, 6.45) is 6.04. The molecule has 8 rings (SSSR count). The fourth-order valence-electron chi connectivity index (χ4n) is 9.91. The summed E-state index contributed by atoms with van der Waals surface area (Å²) in [5.41, 5.74) is 1.87. The number of benzene rings is 1. The van der Waals surface area contributed by atoms with Crippen molar-refractivity contribution in [1.82, 2.24) is 5.32 Å². The molecule has 31 heavy (non-hydrogen) atoms. The maximum Gasteiger partial charge on any atom is 0.165 e. The predicted molar refractivity (Wildman–Crippen MR) is 117 cm³/mol. The first-order valence-corrected chi connectivity index (χ1v) is 12.1. The number of hydrogen-bond donors (Lipinski definition) is 2. The molecule has 0 radical (unpaired) electrons. The minimum absolute atomic E-state index is 0.0287. The minimum atomic E-state index is -0.789. The monoisotopic (exact) mass is 425 g/mol. The summed E-state index contributed by atoms with van der Waals surface area (Å²) in [5, 5.41) is 15.8. The smallest absolute Gasteiger partial charge is 0.165 e. The summed E-state index contributed by atoms with van der Waals surface area (Å²) in [6, 6.07) is 4.88. The van der Waals surface area contributed by atoms with Gasteiger partial charge in [-0.1, -0.05) is 19.9 Å². The molecule has 1 aromatic carbocycles. The van der Waals surface area contributed by atoms with Crippen molar-refractivity contribution in [3.05, 3.63) is 23.3 Å². The van der Waals surface area contributed by atoms with E-state index < -0.39 is 11.2 Å². The van der Waals surface area contributed by atoms with Crippen LogP contribution in [0.15, 0.2) is 12.1 Å². The molecule has 2 heterocycles. The highest BCUT2D eigenvalue weighted by atomic mass is 16.6. The highest BCUT2D eigenvalue weighted by molar-refractivity contribution is 5.67. The van der Waals surface area contributed by atoms with Gasteiger partial charge in [-0.25, -0.2) is 0 Å². The second kappa shape index (κ2) is 5.26. The van der Waals surface area contributed by atoms with Crippen LogP contribution in [0.2, 0.25) is 0 Å². The number of aliphatic hydroxyl groups is 1. The molecule has 3 spiro atoms. The second-order valence-corrected chi connectivity index (χ2v) is 12.2. The highest BCUT2D eigenvalue weighted by Gasteiger charge is 2.90. The van der Waals surface area contributed by atoms with Crippen LogP contribution < -0.4 is 14.8 Å². The number of methoxy groups -OCH3 is 2. The topological polar surface area (TPSA) is 69.9 Å². The normalized spacial score (nSPS) is 48.8. The fraction of sp³-hybridized carbons (Fsp3) is 0.769. The number of piperidine rings is 1. The van der Waals surface area contributed by atoms with Crippen molar-refractivity contribution in [1.29, 1.82) is 0 Å². The van der Waals surface area contributed by atoms with E-state index in [4.69, 9.17) is 14.2 Å². The van der Waals surface area contributed by atoms with E-state index in [0.29, 0.717) is 12.0 Å². The molecule has 168 valence electrons. The third-order valence-electron chi connectivity index (χ3n) is 10.5. The molecule has 5 fully saturated rings. The van der Waals surface area contributed by atoms with Crippen LogP contribution in [-0.4, -0.2) is 48.2 Å². The molecular weight excluding hydrogens is 390 g/mol. The SMILES string of the molecule is COc1ccc2c3c1OC1C4(OC)CCC5(CC4C(C)(O)CC(C)C)C4N[C@]4(C2)C[C@]315. The van der Waals surface area contributed by atoms with Crippen molar-refractivity contribution in [3.8, 4) is 11.5 Å². The number of nitrogens with one attached hydrogen (secondary N) is 1. The van der Waals surface area contributed by atoms with Crippen molar-refractivity contribution >= 4 is 0 Å². The van der Waals surface area contributed by atoms with Crippen LogP contribution in [-0.2, 0) is 16.6 Å². The Kier molecular flexibility index (Phi) is 3.26. The Bertz CT molecular complexity index is 1010. The number of hydrogen-bond acceptors (Lipinski definition) is 5. The van der Waals surface area contributed by atoms with E-state index >= 15 is 0 Å². The van der Waals surface area contributed by atoms with Gasteiger partial charge in [0.1, 0.15) is 11.7 Å². The lowest BCUT2D eigenvalue weighted by Crippen LogP contribution is -2.77. The van der Waals surface area contributed by atoms with Gasteiger partial charge in [0.05, 0.1) is 12.7 Å². The second-order valence-electron chi connectivity index (χ2n) is 12.2. The maximum atomic E-state index is 11.9. The van der Waals surface area contributed by atoms with E-state index in [1.54, 1.807) is 7.11 Å². The van der Waals surface area contributed by atoms with Gasteiger partial charge in [-0.3, -0.25) is 0 Å². The summed E-state index contributed by atoms with van der Waals surface area (Å²) in [5.74, 6) is 2.29. The van der Waals surface area contributed by atoms with E-state index in [-0.39, 0.29) is 28.4 Å². The summed E-state index contributed by atoms with van der Waals surface area (Å²) in [4.78, 5) is 0. The van der Waals surface area contributed by atoms with Crippen LogP contribution in [0.4, 0.5) is 0 Å². The minimum Gasteiger partial charge on any atom is -0.493 e. The van der Waals surface area contributed by atoms with Crippen LogP contribution >= 0.6 is 0 Å². The van der Waals surface area contributed by atoms with Gasteiger partial charge in [0.2, 0.25) is 0 Å². The Labute approximate surface area is 184 Å². The molecule has 5 nitrogen and oxygen atoms in total. The number of ether oxygens (including phenoxy) is 3. The van der Waals surface area contributed by atoms with Crippen LogP contribution in [0.3, 0.4) is 0 Å². The molecule has 1 saturated heterocycles. The number of rotatable bonds is 5. The van der Waals surface area contributed by atoms with Crippen LogP contribution in [0.1, 0.15) is 64.0 Å². The Balaban J connectivity index is 1.48. The molecule has 1 aromatic rings. The van der Waals surface area contributed by atoms with E-state index in [2.05, 4.69) is 31.3 Å². The summed E-state index contributed by atoms with van der Waals surface area (Å²) < 4.78 is 19.3. The Morgan fingerprint density at radius 2 is 2.10 bits per heavy atom. The molecule has 8 atom stereocenters. The molecule has 4 saturated carbocycles. The molecule has 5 aliphatic carbocycles. The molecule has 2 N–H and O–H groups in total. The van der Waals surface area contributed by atoms with Crippen molar-refractivity contribution in [2.45, 2.75) is 93.6 Å². The fourth-order valence-corrected chi connectivity index (χ4v) is 9.91. The summed E-state index contributed by atoms with van der Waals surface area (Å²) in [7, 11) is 3.59. The highest BCUT2D eigenvalue weighted by Crippen LogP contribution is 2.83. The van der Waals surface area contributed by atoms with E-state index in [1.165, 1.54) is 11.1 Å². The van der Waals surface area contributed by atoms with Gasteiger partial charge in [0.25, 0.3) is 0 Å². The Hall–Kier alpha value is -1.30. The van der Waals surface area contributed by atoms with Crippen molar-refractivity contribution in [2.24, 2.45) is 17.3 Å². The zero-order valence-corrected chi connectivity index (χ0v) is 19.4. The lowest BCUT2D eigenvalue weighted by Gasteiger charge is -2.68. The predicted octanol–water partition coefficient (Wildman–Crippen LogP) is 3.35. The van der Waals surface area contributed by atoms with Gasteiger partial charge in [-0.15, -0.1) is 0 Å². The summed E-state index contributed by atoms with van der Waals surface area (Å²) >= 11 is 0. The maximum absolute atomic E-state index is 11.9. The molecule has 0 amide bonds. The average molecular weight is 426 g/mol. The first kappa shape index (κ1) is 19.2. The molecule has 5 heteroatoms. The Morgan fingerprint density at radius 3 is 2.81 bits per heavy atom. The molecule has 0 aromatic heterocycles. The van der Waals surface area contributed by atoms with E-state index in [0.717, 1.165) is 50.0 Å². The van der Waals surface area contributed by atoms with Crippen LogP contribution in [0, 0.1) is 17.3 Å². The average Bonchev–Trinajstić information content (AvgIpc) is 3.20. The van der Waals surface area contributed by atoms with Crippen LogP contribution in [0.25, 0.3) is 0 Å². The van der Waals surface area contributed by atoms with Crippen LogP contribution in [0.5, 0.6) is 11.5 Å². The summed E-state index contributed by atoms with van der Waals surface area (Å²) in [6.45, 7) is 6.45. The van der Waals surface area contributed by atoms with Gasteiger partial charge in [0.15, 0.2) is 11.5 Å². The van der Waals surface area contributed by atoms with E-state index in [9.17, 15) is 5.11 Å². The van der Waals surface area contributed by atoms with Gasteiger partial charge < -0.3 is 24.6 Å².